The van der Waals surface area contributed by atoms with Crippen LogP contribution >= 0.6 is 11.6 Å². The molecule has 1 aromatic heterocycles. The number of benzene rings is 2. The molecule has 1 aliphatic heterocycles. The molecule has 1 N–H and O–H groups in total. The second kappa shape index (κ2) is 9.15. The van der Waals surface area contributed by atoms with Gasteiger partial charge < -0.3 is 10.1 Å². The van der Waals surface area contributed by atoms with E-state index in [1.54, 1.807) is 12.3 Å². The van der Waals surface area contributed by atoms with Gasteiger partial charge in [0.25, 0.3) is 5.91 Å². The lowest BCUT2D eigenvalue weighted by molar-refractivity contribution is 0.0730. The highest BCUT2D eigenvalue weighted by Crippen LogP contribution is 2.25. The van der Waals surface area contributed by atoms with Gasteiger partial charge in [-0.3, -0.25) is 4.79 Å². The van der Waals surface area contributed by atoms with Crippen molar-refractivity contribution < 1.29 is 17.9 Å². The predicted molar refractivity (Wildman–Crippen MR) is 119 cm³/mol. The number of morpholine rings is 1. The Kier molecular flexibility index (Phi) is 6.33. The summed E-state index contributed by atoms with van der Waals surface area (Å²) in [6, 6.07) is 17.4. The Bertz CT molecular complexity index is 1180. The van der Waals surface area contributed by atoms with Crippen molar-refractivity contribution in [3.8, 4) is 11.1 Å². The van der Waals surface area contributed by atoms with E-state index < -0.39 is 15.9 Å². The maximum absolute atomic E-state index is 12.9. The fourth-order valence-corrected chi connectivity index (χ4v) is 4.87. The molecule has 3 aromatic rings. The average Bonchev–Trinajstić information content (AvgIpc) is 2.81. The maximum Gasteiger partial charge on any atom is 0.258 e. The summed E-state index contributed by atoms with van der Waals surface area (Å²) in [4.78, 5) is 17.1. The smallest absolute Gasteiger partial charge is 0.258 e. The summed E-state index contributed by atoms with van der Waals surface area (Å²) < 4.78 is 32.3. The van der Waals surface area contributed by atoms with Crippen LogP contribution in [0.4, 0.5) is 5.82 Å². The second-order valence-corrected chi connectivity index (χ2v) is 9.26. The Morgan fingerprint density at radius 1 is 1.00 bits per heavy atom. The van der Waals surface area contributed by atoms with Crippen LogP contribution in [0.5, 0.6) is 0 Å². The van der Waals surface area contributed by atoms with Crippen molar-refractivity contribution in [3.63, 3.8) is 0 Å². The molecule has 0 bridgehead atoms. The molecule has 2 heterocycles. The fourth-order valence-electron chi connectivity index (χ4n) is 3.23. The molecular formula is C22H20ClN3O4S. The van der Waals surface area contributed by atoms with Gasteiger partial charge in [0.2, 0.25) is 10.0 Å². The molecule has 9 heteroatoms. The van der Waals surface area contributed by atoms with Gasteiger partial charge in [0, 0.05) is 24.8 Å². The number of pyridine rings is 1. The van der Waals surface area contributed by atoms with Crippen LogP contribution in [0.3, 0.4) is 0 Å². The third-order valence-electron chi connectivity index (χ3n) is 4.90. The van der Waals surface area contributed by atoms with Crippen LogP contribution < -0.4 is 5.32 Å². The van der Waals surface area contributed by atoms with Crippen LogP contribution in [0.15, 0.2) is 71.8 Å². The summed E-state index contributed by atoms with van der Waals surface area (Å²) in [6.45, 7) is 1.21. The van der Waals surface area contributed by atoms with Gasteiger partial charge in [0.05, 0.1) is 28.7 Å². The largest absolute Gasteiger partial charge is 0.379 e. The van der Waals surface area contributed by atoms with Gasteiger partial charge in [-0.15, -0.1) is 0 Å². The Morgan fingerprint density at radius 2 is 1.74 bits per heavy atom. The zero-order valence-corrected chi connectivity index (χ0v) is 18.1. The molecule has 160 valence electrons. The molecule has 0 atom stereocenters. The first-order valence-electron chi connectivity index (χ1n) is 9.65. The number of anilines is 1. The van der Waals surface area contributed by atoms with E-state index in [1.165, 1.54) is 22.5 Å². The van der Waals surface area contributed by atoms with E-state index in [-0.39, 0.29) is 28.6 Å². The zero-order valence-electron chi connectivity index (χ0n) is 16.5. The van der Waals surface area contributed by atoms with Gasteiger partial charge in [-0.25, -0.2) is 13.4 Å². The summed E-state index contributed by atoms with van der Waals surface area (Å²) in [5.41, 5.74) is 1.98. The van der Waals surface area contributed by atoms with Gasteiger partial charge in [-0.1, -0.05) is 41.9 Å². The SMILES string of the molecule is O=C(Nc1ccc(-c2ccccc2)cn1)c1cc(S(=O)(=O)N2CCOCC2)ccc1Cl. The standard InChI is InChI=1S/C22H20ClN3O4S/c23-20-8-7-18(31(28,29)26-10-12-30-13-11-26)14-19(20)22(27)25-21-9-6-17(15-24-21)16-4-2-1-3-5-16/h1-9,14-15H,10-13H2,(H,24,25,27). The molecule has 1 saturated heterocycles. The van der Waals surface area contributed by atoms with E-state index >= 15 is 0 Å². The molecule has 0 unspecified atom stereocenters. The van der Waals surface area contributed by atoms with Gasteiger partial charge >= 0.3 is 0 Å². The third kappa shape index (κ3) is 4.77. The molecule has 2 aromatic carbocycles. The summed E-state index contributed by atoms with van der Waals surface area (Å²) in [5.74, 6) is -0.203. The minimum Gasteiger partial charge on any atom is -0.379 e. The van der Waals surface area contributed by atoms with Crippen molar-refractivity contribution in [2.45, 2.75) is 4.90 Å². The third-order valence-corrected chi connectivity index (χ3v) is 7.13. The number of amides is 1. The van der Waals surface area contributed by atoms with Crippen LogP contribution in [-0.4, -0.2) is 49.9 Å². The lowest BCUT2D eigenvalue weighted by Crippen LogP contribution is -2.40. The first-order chi connectivity index (χ1) is 14.9. The van der Waals surface area contributed by atoms with E-state index in [9.17, 15) is 13.2 Å². The number of hydrogen-bond donors (Lipinski definition) is 1. The maximum atomic E-state index is 12.9. The van der Waals surface area contributed by atoms with Crippen molar-refractivity contribution in [3.05, 3.63) is 77.4 Å². The summed E-state index contributed by atoms with van der Waals surface area (Å²) >= 11 is 6.19. The van der Waals surface area contributed by atoms with Crippen LogP contribution in [0.25, 0.3) is 11.1 Å². The number of carbonyl (C=O) groups excluding carboxylic acids is 1. The van der Waals surface area contributed by atoms with Crippen LogP contribution in [0.1, 0.15) is 10.4 Å². The normalized spacial score (nSPS) is 14.9. The van der Waals surface area contributed by atoms with E-state index in [0.717, 1.165) is 11.1 Å². The molecule has 4 rings (SSSR count). The Hall–Kier alpha value is -2.78. The molecule has 31 heavy (non-hydrogen) atoms. The summed E-state index contributed by atoms with van der Waals surface area (Å²) in [5, 5.41) is 2.83. The summed E-state index contributed by atoms with van der Waals surface area (Å²) in [6.07, 6.45) is 1.66. The number of rotatable bonds is 5. The molecule has 1 aliphatic rings. The molecular weight excluding hydrogens is 438 g/mol. The molecule has 0 saturated carbocycles. The highest BCUT2D eigenvalue weighted by Gasteiger charge is 2.27. The fraction of sp³-hybridized carbons (Fsp3) is 0.182. The van der Waals surface area contributed by atoms with Gasteiger partial charge in [-0.2, -0.15) is 4.31 Å². The second-order valence-electron chi connectivity index (χ2n) is 6.91. The lowest BCUT2D eigenvalue weighted by atomic mass is 10.1. The number of carbonyl (C=O) groups is 1. The number of halogens is 1. The number of nitrogens with one attached hydrogen (secondary N) is 1. The molecule has 7 nitrogen and oxygen atoms in total. The molecule has 0 spiro atoms. The molecule has 0 aliphatic carbocycles. The van der Waals surface area contributed by atoms with Crippen LogP contribution in [0, 0.1) is 0 Å². The van der Waals surface area contributed by atoms with Crippen molar-refractivity contribution in [1.29, 1.82) is 0 Å². The quantitative estimate of drug-likeness (QED) is 0.631. The Labute approximate surface area is 185 Å². The Balaban J connectivity index is 1.54. The Morgan fingerprint density at radius 3 is 2.42 bits per heavy atom. The lowest BCUT2D eigenvalue weighted by Gasteiger charge is -2.26. The van der Waals surface area contributed by atoms with Crippen molar-refractivity contribution in [1.82, 2.24) is 9.29 Å². The van der Waals surface area contributed by atoms with Crippen LogP contribution in [-0.2, 0) is 14.8 Å². The average molecular weight is 458 g/mol. The predicted octanol–water partition coefficient (Wildman–Crippen LogP) is 3.68. The monoisotopic (exact) mass is 457 g/mol. The minimum absolute atomic E-state index is 0.0105. The van der Waals surface area contributed by atoms with E-state index in [4.69, 9.17) is 16.3 Å². The number of aromatic nitrogens is 1. The highest BCUT2D eigenvalue weighted by atomic mass is 35.5. The van der Waals surface area contributed by atoms with Crippen molar-refractivity contribution in [2.75, 3.05) is 31.6 Å². The molecule has 1 amide bonds. The van der Waals surface area contributed by atoms with E-state index in [2.05, 4.69) is 10.3 Å². The first kappa shape index (κ1) is 21.5. The van der Waals surface area contributed by atoms with Gasteiger partial charge in [0.1, 0.15) is 5.82 Å². The van der Waals surface area contributed by atoms with Gasteiger partial charge in [0.15, 0.2) is 0 Å². The molecule has 0 radical (unpaired) electrons. The van der Waals surface area contributed by atoms with E-state index in [1.807, 2.05) is 36.4 Å². The molecule has 1 fully saturated rings. The number of sulfonamides is 1. The minimum atomic E-state index is -3.74. The number of nitrogens with zero attached hydrogens (tertiary/aromatic N) is 2. The summed E-state index contributed by atoms with van der Waals surface area (Å²) in [7, 11) is -3.74. The number of hydrogen-bond acceptors (Lipinski definition) is 5. The zero-order chi connectivity index (χ0) is 21.8. The van der Waals surface area contributed by atoms with Gasteiger partial charge in [-0.05, 0) is 35.9 Å². The highest BCUT2D eigenvalue weighted by molar-refractivity contribution is 7.89. The van der Waals surface area contributed by atoms with Crippen molar-refractivity contribution >= 4 is 33.3 Å². The van der Waals surface area contributed by atoms with E-state index in [0.29, 0.717) is 19.0 Å². The van der Waals surface area contributed by atoms with Crippen LogP contribution in [0.2, 0.25) is 5.02 Å². The van der Waals surface area contributed by atoms with Crippen molar-refractivity contribution in [2.24, 2.45) is 0 Å². The topological polar surface area (TPSA) is 88.6 Å². The number of ether oxygens (including phenoxy) is 1. The first-order valence-corrected chi connectivity index (χ1v) is 11.5.